The van der Waals surface area contributed by atoms with E-state index in [1.165, 1.54) is 18.4 Å². The topological polar surface area (TPSA) is 30.5 Å². The van der Waals surface area contributed by atoms with Gasteiger partial charge in [0.1, 0.15) is 5.75 Å². The van der Waals surface area contributed by atoms with Crippen molar-refractivity contribution in [2.45, 2.75) is 51.7 Å². The van der Waals surface area contributed by atoms with Crippen LogP contribution in [-0.4, -0.2) is 26.4 Å². The Balaban J connectivity index is 2.07. The molecule has 21 heavy (non-hydrogen) atoms. The summed E-state index contributed by atoms with van der Waals surface area (Å²) in [6.07, 6.45) is 5.03. The zero-order chi connectivity index (χ0) is 15.1. The maximum Gasteiger partial charge on any atom is 0.119 e. The molecule has 1 aromatic carbocycles. The fraction of sp³-hybridized carbons (Fsp3) is 0.667. The fourth-order valence-corrected chi connectivity index (χ4v) is 2.74. The third-order valence-corrected chi connectivity index (χ3v) is 4.01. The first kappa shape index (κ1) is 16.3. The summed E-state index contributed by atoms with van der Waals surface area (Å²) >= 11 is 0. The molecule has 118 valence electrons. The number of rotatable bonds is 10. The van der Waals surface area contributed by atoms with Gasteiger partial charge < -0.3 is 14.8 Å². The lowest BCUT2D eigenvalue weighted by molar-refractivity contribution is 0.0507. The van der Waals surface area contributed by atoms with Gasteiger partial charge in [-0.05, 0) is 55.8 Å². The third kappa shape index (κ3) is 4.72. The largest absolute Gasteiger partial charge is 0.494 e. The minimum Gasteiger partial charge on any atom is -0.494 e. The number of hydrogen-bond acceptors (Lipinski definition) is 3. The molecule has 1 aromatic rings. The van der Waals surface area contributed by atoms with Crippen molar-refractivity contribution < 1.29 is 9.47 Å². The smallest absolute Gasteiger partial charge is 0.119 e. The summed E-state index contributed by atoms with van der Waals surface area (Å²) in [7, 11) is 1.84. The van der Waals surface area contributed by atoms with Gasteiger partial charge in [-0.25, -0.2) is 0 Å². The van der Waals surface area contributed by atoms with Crippen molar-refractivity contribution in [1.82, 2.24) is 5.32 Å². The maximum atomic E-state index is 5.79. The van der Waals surface area contributed by atoms with Gasteiger partial charge in [-0.15, -0.1) is 0 Å². The standard InChI is InChI=1S/C18H29NO2/c1-4-12-19-17(18(20-3)15-6-7-15)14-8-10-16(11-9-14)21-13-5-2/h8-11,15,17-19H,4-7,12-13H2,1-3H3. The van der Waals surface area contributed by atoms with Crippen LogP contribution in [0.4, 0.5) is 0 Å². The van der Waals surface area contributed by atoms with Crippen LogP contribution in [0.1, 0.15) is 51.1 Å². The number of ether oxygens (including phenoxy) is 2. The molecule has 2 rings (SSSR count). The van der Waals surface area contributed by atoms with Gasteiger partial charge in [0.15, 0.2) is 0 Å². The van der Waals surface area contributed by atoms with Crippen molar-refractivity contribution in [3.8, 4) is 5.75 Å². The zero-order valence-corrected chi connectivity index (χ0v) is 13.6. The quantitative estimate of drug-likeness (QED) is 0.708. The highest BCUT2D eigenvalue weighted by atomic mass is 16.5. The zero-order valence-electron chi connectivity index (χ0n) is 13.6. The van der Waals surface area contributed by atoms with E-state index in [2.05, 4.69) is 43.4 Å². The van der Waals surface area contributed by atoms with Crippen LogP contribution >= 0.6 is 0 Å². The highest BCUT2D eigenvalue weighted by Gasteiger charge is 2.37. The van der Waals surface area contributed by atoms with Crippen LogP contribution in [0.5, 0.6) is 5.75 Å². The normalized spacial score (nSPS) is 17.5. The Morgan fingerprint density at radius 2 is 1.86 bits per heavy atom. The first-order valence-electron chi connectivity index (χ1n) is 8.29. The van der Waals surface area contributed by atoms with E-state index in [9.17, 15) is 0 Å². The Labute approximate surface area is 129 Å². The summed E-state index contributed by atoms with van der Waals surface area (Å²) in [4.78, 5) is 0. The third-order valence-electron chi connectivity index (χ3n) is 4.01. The molecule has 3 nitrogen and oxygen atoms in total. The molecular formula is C18H29NO2. The number of methoxy groups -OCH3 is 1. The lowest BCUT2D eigenvalue weighted by Gasteiger charge is -2.27. The molecule has 0 spiro atoms. The highest BCUT2D eigenvalue weighted by molar-refractivity contribution is 5.30. The van der Waals surface area contributed by atoms with E-state index >= 15 is 0 Å². The summed E-state index contributed by atoms with van der Waals surface area (Å²) in [6, 6.07) is 8.78. The van der Waals surface area contributed by atoms with Crippen molar-refractivity contribution in [3.05, 3.63) is 29.8 Å². The molecule has 3 heteroatoms. The molecule has 0 radical (unpaired) electrons. The van der Waals surface area contributed by atoms with Crippen LogP contribution < -0.4 is 10.1 Å². The molecule has 1 saturated carbocycles. The van der Waals surface area contributed by atoms with E-state index in [-0.39, 0.29) is 12.1 Å². The summed E-state index contributed by atoms with van der Waals surface area (Å²) < 4.78 is 11.5. The molecule has 0 heterocycles. The second-order valence-electron chi connectivity index (χ2n) is 5.89. The average molecular weight is 291 g/mol. The molecule has 1 aliphatic rings. The molecule has 1 fully saturated rings. The van der Waals surface area contributed by atoms with Gasteiger partial charge >= 0.3 is 0 Å². The van der Waals surface area contributed by atoms with Gasteiger partial charge in [0.25, 0.3) is 0 Å². The van der Waals surface area contributed by atoms with Crippen molar-refractivity contribution in [1.29, 1.82) is 0 Å². The van der Waals surface area contributed by atoms with Gasteiger partial charge in [0.05, 0.1) is 18.8 Å². The first-order valence-corrected chi connectivity index (χ1v) is 8.29. The van der Waals surface area contributed by atoms with E-state index < -0.39 is 0 Å². The Morgan fingerprint density at radius 3 is 2.38 bits per heavy atom. The Kier molecular flexibility index (Phi) is 6.52. The van der Waals surface area contributed by atoms with Gasteiger partial charge in [0, 0.05) is 7.11 Å². The Hall–Kier alpha value is -1.06. The first-order chi connectivity index (χ1) is 10.3. The number of benzene rings is 1. The predicted molar refractivity (Wildman–Crippen MR) is 86.8 cm³/mol. The number of hydrogen-bond donors (Lipinski definition) is 1. The molecular weight excluding hydrogens is 262 g/mol. The van der Waals surface area contributed by atoms with Gasteiger partial charge in [-0.3, -0.25) is 0 Å². The molecule has 2 unspecified atom stereocenters. The lowest BCUT2D eigenvalue weighted by atomic mass is 9.97. The van der Waals surface area contributed by atoms with Crippen LogP contribution in [0.2, 0.25) is 0 Å². The summed E-state index contributed by atoms with van der Waals surface area (Å²) in [5.41, 5.74) is 1.30. The fourth-order valence-electron chi connectivity index (χ4n) is 2.74. The molecule has 0 aliphatic heterocycles. The summed E-state index contributed by atoms with van der Waals surface area (Å²) in [5, 5.41) is 3.65. The monoisotopic (exact) mass is 291 g/mol. The lowest BCUT2D eigenvalue weighted by Crippen LogP contribution is -2.35. The number of nitrogens with one attached hydrogen (secondary N) is 1. The van der Waals surface area contributed by atoms with Crippen LogP contribution in [-0.2, 0) is 4.74 Å². The van der Waals surface area contributed by atoms with Crippen LogP contribution in [0, 0.1) is 5.92 Å². The van der Waals surface area contributed by atoms with Gasteiger partial charge in [-0.2, -0.15) is 0 Å². The predicted octanol–water partition coefficient (Wildman–Crippen LogP) is 3.94. The molecule has 1 N–H and O–H groups in total. The van der Waals surface area contributed by atoms with Crippen molar-refractivity contribution >= 4 is 0 Å². The van der Waals surface area contributed by atoms with Crippen LogP contribution in [0.15, 0.2) is 24.3 Å². The molecule has 0 aromatic heterocycles. The molecule has 1 aliphatic carbocycles. The van der Waals surface area contributed by atoms with E-state index in [0.717, 1.165) is 31.7 Å². The molecule has 0 bridgehead atoms. The average Bonchev–Trinajstić information content (AvgIpc) is 3.35. The van der Waals surface area contributed by atoms with Crippen LogP contribution in [0.25, 0.3) is 0 Å². The second-order valence-corrected chi connectivity index (χ2v) is 5.89. The Bertz CT molecular complexity index is 400. The Morgan fingerprint density at radius 1 is 1.14 bits per heavy atom. The van der Waals surface area contributed by atoms with E-state index in [1.54, 1.807) is 0 Å². The maximum absolute atomic E-state index is 5.79. The second kappa shape index (κ2) is 8.40. The van der Waals surface area contributed by atoms with Crippen LogP contribution in [0.3, 0.4) is 0 Å². The van der Waals surface area contributed by atoms with E-state index in [1.807, 2.05) is 7.11 Å². The summed E-state index contributed by atoms with van der Waals surface area (Å²) in [6.45, 7) is 6.12. The minimum atomic E-state index is 0.277. The van der Waals surface area contributed by atoms with E-state index in [0.29, 0.717) is 5.92 Å². The SMILES string of the molecule is CCCNC(c1ccc(OCCC)cc1)C(OC)C1CC1. The van der Waals surface area contributed by atoms with Crippen molar-refractivity contribution in [2.75, 3.05) is 20.3 Å². The summed E-state index contributed by atoms with van der Waals surface area (Å²) in [5.74, 6) is 1.66. The molecule has 0 saturated heterocycles. The van der Waals surface area contributed by atoms with Crippen molar-refractivity contribution in [2.24, 2.45) is 5.92 Å². The van der Waals surface area contributed by atoms with Crippen molar-refractivity contribution in [3.63, 3.8) is 0 Å². The molecule has 2 atom stereocenters. The highest BCUT2D eigenvalue weighted by Crippen LogP contribution is 2.40. The van der Waals surface area contributed by atoms with E-state index in [4.69, 9.17) is 9.47 Å². The van der Waals surface area contributed by atoms with Gasteiger partial charge in [-0.1, -0.05) is 26.0 Å². The van der Waals surface area contributed by atoms with Gasteiger partial charge in [0.2, 0.25) is 0 Å². The molecule has 0 amide bonds. The minimum absolute atomic E-state index is 0.277.